The van der Waals surface area contributed by atoms with E-state index in [1.165, 1.54) is 0 Å². The molecular formula is C10H9ClN2O. The molecule has 0 aliphatic rings. The summed E-state index contributed by atoms with van der Waals surface area (Å²) in [6.45, 7) is 0.272. The van der Waals surface area contributed by atoms with Crippen LogP contribution in [0.1, 0.15) is 15.9 Å². The van der Waals surface area contributed by atoms with E-state index in [0.29, 0.717) is 10.6 Å². The molecule has 3 nitrogen and oxygen atoms in total. The van der Waals surface area contributed by atoms with Gasteiger partial charge in [0.1, 0.15) is 0 Å². The zero-order valence-electron chi connectivity index (χ0n) is 7.38. The number of carbonyl (C=O) groups is 1. The summed E-state index contributed by atoms with van der Waals surface area (Å²) in [7, 11) is 0. The molecule has 1 aromatic rings. The predicted octanol–water partition coefficient (Wildman–Crippen LogP) is 0.749. The minimum absolute atomic E-state index is 0.272. The topological polar surface area (TPSA) is 69.1 Å². The summed E-state index contributed by atoms with van der Waals surface area (Å²) >= 11 is 5.75. The number of rotatable bonds is 1. The van der Waals surface area contributed by atoms with Gasteiger partial charge in [0.25, 0.3) is 0 Å². The lowest BCUT2D eigenvalue weighted by Crippen LogP contribution is -2.11. The second kappa shape index (κ2) is 4.66. The summed E-state index contributed by atoms with van der Waals surface area (Å²) in [4.78, 5) is 10.9. The third-order valence-corrected chi connectivity index (χ3v) is 1.90. The fourth-order valence-electron chi connectivity index (χ4n) is 0.945. The van der Waals surface area contributed by atoms with Crippen LogP contribution in [0.25, 0.3) is 0 Å². The quantitative estimate of drug-likeness (QED) is 0.669. The Kier molecular flexibility index (Phi) is 3.52. The molecule has 1 aromatic carbocycles. The van der Waals surface area contributed by atoms with Crippen molar-refractivity contribution in [2.24, 2.45) is 11.5 Å². The molecule has 0 heterocycles. The molecule has 0 saturated carbocycles. The molecule has 0 unspecified atom stereocenters. The Morgan fingerprint density at radius 3 is 2.79 bits per heavy atom. The molecule has 0 aliphatic heterocycles. The molecule has 0 spiro atoms. The first-order valence-corrected chi connectivity index (χ1v) is 4.31. The summed E-state index contributed by atoms with van der Waals surface area (Å²) in [5, 5.41) is 0.329. The number of halogens is 1. The van der Waals surface area contributed by atoms with Gasteiger partial charge < -0.3 is 11.5 Å². The van der Waals surface area contributed by atoms with E-state index in [2.05, 4.69) is 11.8 Å². The highest BCUT2D eigenvalue weighted by molar-refractivity contribution is 6.33. The van der Waals surface area contributed by atoms with Gasteiger partial charge in [-0.3, -0.25) is 4.79 Å². The van der Waals surface area contributed by atoms with Gasteiger partial charge in [0.2, 0.25) is 5.91 Å². The first-order valence-electron chi connectivity index (χ1n) is 3.93. The minimum Gasteiger partial charge on any atom is -0.366 e. The van der Waals surface area contributed by atoms with Crippen LogP contribution >= 0.6 is 11.6 Å². The maximum absolute atomic E-state index is 10.9. The van der Waals surface area contributed by atoms with Gasteiger partial charge in [-0.05, 0) is 18.2 Å². The summed E-state index contributed by atoms with van der Waals surface area (Å²) < 4.78 is 0. The Balaban J connectivity index is 3.13. The van der Waals surface area contributed by atoms with Gasteiger partial charge in [0.15, 0.2) is 0 Å². The summed E-state index contributed by atoms with van der Waals surface area (Å²) in [5.74, 6) is 4.89. The van der Waals surface area contributed by atoms with E-state index in [1.54, 1.807) is 18.2 Å². The molecule has 72 valence electrons. The van der Waals surface area contributed by atoms with Crippen molar-refractivity contribution in [1.29, 1.82) is 0 Å². The van der Waals surface area contributed by atoms with Gasteiger partial charge in [-0.2, -0.15) is 0 Å². The number of benzene rings is 1. The Labute approximate surface area is 87.0 Å². The van der Waals surface area contributed by atoms with E-state index in [0.717, 1.165) is 0 Å². The molecule has 0 bridgehead atoms. The molecule has 0 aromatic heterocycles. The Morgan fingerprint density at radius 2 is 2.21 bits per heavy atom. The van der Waals surface area contributed by atoms with Gasteiger partial charge in [-0.15, -0.1) is 0 Å². The van der Waals surface area contributed by atoms with Crippen LogP contribution in [0.4, 0.5) is 0 Å². The highest BCUT2D eigenvalue weighted by Crippen LogP contribution is 2.16. The molecule has 0 radical (unpaired) electrons. The third kappa shape index (κ3) is 2.49. The van der Waals surface area contributed by atoms with Gasteiger partial charge >= 0.3 is 0 Å². The average Bonchev–Trinajstić information content (AvgIpc) is 2.16. The van der Waals surface area contributed by atoms with Crippen molar-refractivity contribution in [2.75, 3.05) is 6.54 Å². The molecule has 1 amide bonds. The number of amides is 1. The number of hydrogen-bond acceptors (Lipinski definition) is 2. The first kappa shape index (κ1) is 10.6. The van der Waals surface area contributed by atoms with Crippen LogP contribution in [-0.2, 0) is 0 Å². The van der Waals surface area contributed by atoms with Crippen LogP contribution in [0.2, 0.25) is 5.02 Å². The van der Waals surface area contributed by atoms with Gasteiger partial charge in [0, 0.05) is 5.56 Å². The molecule has 14 heavy (non-hydrogen) atoms. The fraction of sp³-hybridized carbons (Fsp3) is 0.100. The molecule has 0 fully saturated rings. The Morgan fingerprint density at radius 1 is 1.50 bits per heavy atom. The number of primary amides is 1. The van der Waals surface area contributed by atoms with E-state index in [9.17, 15) is 4.79 Å². The maximum Gasteiger partial charge on any atom is 0.250 e. The fourth-order valence-corrected chi connectivity index (χ4v) is 1.16. The van der Waals surface area contributed by atoms with E-state index in [-0.39, 0.29) is 12.1 Å². The normalized spacial score (nSPS) is 9.00. The highest BCUT2D eigenvalue weighted by Gasteiger charge is 2.05. The average molecular weight is 209 g/mol. The molecule has 0 saturated heterocycles. The summed E-state index contributed by atoms with van der Waals surface area (Å²) in [6.07, 6.45) is 0. The van der Waals surface area contributed by atoms with Crippen molar-refractivity contribution < 1.29 is 4.79 Å². The van der Waals surface area contributed by atoms with Crippen molar-refractivity contribution in [3.63, 3.8) is 0 Å². The number of hydrogen-bond donors (Lipinski definition) is 2. The van der Waals surface area contributed by atoms with E-state index in [1.807, 2.05) is 0 Å². The van der Waals surface area contributed by atoms with Crippen molar-refractivity contribution in [2.45, 2.75) is 0 Å². The van der Waals surface area contributed by atoms with Gasteiger partial charge in [-0.1, -0.05) is 23.4 Å². The van der Waals surface area contributed by atoms with Gasteiger partial charge in [-0.25, -0.2) is 0 Å². The molecular weight excluding hydrogens is 200 g/mol. The summed E-state index contributed by atoms with van der Waals surface area (Å²) in [5.41, 5.74) is 11.3. The largest absolute Gasteiger partial charge is 0.366 e. The highest BCUT2D eigenvalue weighted by atomic mass is 35.5. The number of carbonyl (C=O) groups excluding carboxylic acids is 1. The number of nitrogens with two attached hydrogens (primary N) is 2. The van der Waals surface area contributed by atoms with Crippen LogP contribution in [0.15, 0.2) is 18.2 Å². The van der Waals surface area contributed by atoms with E-state index < -0.39 is 5.91 Å². The third-order valence-electron chi connectivity index (χ3n) is 1.57. The molecule has 1 rings (SSSR count). The van der Waals surface area contributed by atoms with Crippen LogP contribution in [0.3, 0.4) is 0 Å². The first-order chi connectivity index (χ1) is 6.65. The smallest absolute Gasteiger partial charge is 0.250 e. The van der Waals surface area contributed by atoms with Crippen molar-refractivity contribution in [3.8, 4) is 11.8 Å². The molecule has 4 heteroatoms. The maximum atomic E-state index is 10.9. The van der Waals surface area contributed by atoms with Gasteiger partial charge in [0.05, 0.1) is 17.1 Å². The monoisotopic (exact) mass is 208 g/mol. The standard InChI is InChI=1S/C10H9ClN2O/c11-9-4-3-7(2-1-5-12)6-8(9)10(13)14/h3-4,6H,5,12H2,(H2,13,14). The Bertz CT molecular complexity index is 418. The lowest BCUT2D eigenvalue weighted by molar-refractivity contribution is 0.100. The van der Waals surface area contributed by atoms with E-state index >= 15 is 0 Å². The van der Waals surface area contributed by atoms with Crippen molar-refractivity contribution >= 4 is 17.5 Å². The SMILES string of the molecule is NCC#Cc1ccc(Cl)c(C(N)=O)c1. The van der Waals surface area contributed by atoms with Crippen molar-refractivity contribution in [1.82, 2.24) is 0 Å². The van der Waals surface area contributed by atoms with Crippen LogP contribution in [0.5, 0.6) is 0 Å². The van der Waals surface area contributed by atoms with Crippen LogP contribution in [0, 0.1) is 11.8 Å². The van der Waals surface area contributed by atoms with Crippen LogP contribution < -0.4 is 11.5 Å². The second-order valence-corrected chi connectivity index (χ2v) is 2.97. The minimum atomic E-state index is -0.564. The second-order valence-electron chi connectivity index (χ2n) is 2.56. The molecule has 0 atom stereocenters. The van der Waals surface area contributed by atoms with Crippen molar-refractivity contribution in [3.05, 3.63) is 34.3 Å². The zero-order valence-corrected chi connectivity index (χ0v) is 8.14. The lowest BCUT2D eigenvalue weighted by atomic mass is 10.1. The molecule has 0 aliphatic carbocycles. The summed E-state index contributed by atoms with van der Waals surface area (Å²) in [6, 6.07) is 4.84. The van der Waals surface area contributed by atoms with E-state index in [4.69, 9.17) is 23.1 Å². The zero-order chi connectivity index (χ0) is 10.6. The van der Waals surface area contributed by atoms with Crippen LogP contribution in [-0.4, -0.2) is 12.5 Å². The predicted molar refractivity (Wildman–Crippen MR) is 55.9 cm³/mol. The lowest BCUT2D eigenvalue weighted by Gasteiger charge is -1.99. The Hall–Kier alpha value is -1.50. The molecule has 4 N–H and O–H groups in total.